The number of rotatable bonds is 5. The molecule has 0 saturated heterocycles. The van der Waals surface area contributed by atoms with Crippen molar-refractivity contribution in [2.24, 2.45) is 0 Å². The third-order valence-electron chi connectivity index (χ3n) is 4.98. The van der Waals surface area contributed by atoms with Gasteiger partial charge in [0, 0.05) is 23.1 Å². The number of ketones is 1. The second kappa shape index (κ2) is 7.81. The molecule has 0 saturated carbocycles. The van der Waals surface area contributed by atoms with Crippen molar-refractivity contribution in [2.45, 2.75) is 31.5 Å². The van der Waals surface area contributed by atoms with E-state index in [0.717, 1.165) is 34.3 Å². The van der Waals surface area contributed by atoms with E-state index in [2.05, 4.69) is 20.8 Å². The summed E-state index contributed by atoms with van der Waals surface area (Å²) in [5, 5.41) is 10.7. The van der Waals surface area contributed by atoms with Crippen molar-refractivity contribution in [1.29, 1.82) is 0 Å². The maximum Gasteiger partial charge on any atom is 0.407 e. The van der Waals surface area contributed by atoms with Crippen molar-refractivity contribution >= 4 is 33.1 Å². The first-order valence-electron chi connectivity index (χ1n) is 8.88. The lowest BCUT2D eigenvalue weighted by molar-refractivity contribution is -0.137. The third-order valence-corrected chi connectivity index (χ3v) is 5.48. The Morgan fingerprint density at radius 3 is 2.66 bits per heavy atom. The van der Waals surface area contributed by atoms with Gasteiger partial charge in [-0.2, -0.15) is 13.2 Å². The highest BCUT2D eigenvalue weighted by molar-refractivity contribution is 9.10. The van der Waals surface area contributed by atoms with Gasteiger partial charge in [-0.25, -0.2) is 4.85 Å². The minimum atomic E-state index is -4.69. The number of carbonyl (C=O) groups excluding carboxylic acids is 1. The van der Waals surface area contributed by atoms with Gasteiger partial charge in [-0.3, -0.25) is 4.79 Å². The molecular formula is C21H18BrF3N2O2. The Kier molecular flexibility index (Phi) is 5.74. The molecule has 0 spiro atoms. The molecule has 0 bridgehead atoms. The summed E-state index contributed by atoms with van der Waals surface area (Å²) in [5.41, 5.74) is -1.17. The molecule has 4 nitrogen and oxygen atoms in total. The Morgan fingerprint density at radius 2 is 2.00 bits per heavy atom. The molecule has 1 heterocycles. The van der Waals surface area contributed by atoms with Crippen LogP contribution in [0, 0.1) is 6.57 Å². The fourth-order valence-electron chi connectivity index (χ4n) is 3.46. The smallest absolute Gasteiger partial charge is 0.380 e. The quantitative estimate of drug-likeness (QED) is 0.634. The lowest BCUT2D eigenvalue weighted by atomic mass is 9.93. The molecule has 1 N–H and O–H groups in total. The van der Waals surface area contributed by atoms with Gasteiger partial charge >= 0.3 is 6.18 Å². The number of β-amino-alcohol motifs (C(OH)–C–C–N with tert-alkyl or cyclic N) is 1. The number of fused-ring (bicyclic) bond motifs is 1. The molecule has 0 amide bonds. The third kappa shape index (κ3) is 4.62. The van der Waals surface area contributed by atoms with E-state index in [-0.39, 0.29) is 18.5 Å². The van der Waals surface area contributed by atoms with Crippen LogP contribution in [0.25, 0.3) is 4.85 Å². The van der Waals surface area contributed by atoms with Crippen LogP contribution in [0.3, 0.4) is 0 Å². The minimum absolute atomic E-state index is 0.0483. The maximum atomic E-state index is 13.1. The molecule has 0 aromatic heterocycles. The highest BCUT2D eigenvalue weighted by atomic mass is 79.9. The Hall–Kier alpha value is -2.37. The van der Waals surface area contributed by atoms with E-state index >= 15 is 0 Å². The average molecular weight is 467 g/mol. The highest BCUT2D eigenvalue weighted by Crippen LogP contribution is 2.37. The standard InChI is InChI=1S/C21H18BrF3N2O2/c1-20(29,12-27-8-7-14-11-15(22)4-6-18(14)27)19(28)10-13-3-5-17(26-2)16(9-13)21(23,24)25/h3-6,9,11,29H,7-8,10,12H2,1H3/t20-/m0/s1. The van der Waals surface area contributed by atoms with Crippen LogP contribution < -0.4 is 4.90 Å². The number of carbonyl (C=O) groups is 1. The zero-order valence-corrected chi connectivity index (χ0v) is 17.1. The van der Waals surface area contributed by atoms with Gasteiger partial charge < -0.3 is 10.0 Å². The number of halogens is 4. The number of anilines is 1. The topological polar surface area (TPSA) is 44.9 Å². The first kappa shape index (κ1) is 21.3. The number of benzene rings is 2. The summed E-state index contributed by atoms with van der Waals surface area (Å²) in [7, 11) is 0. The van der Waals surface area contributed by atoms with E-state index in [0.29, 0.717) is 6.54 Å². The molecule has 0 aliphatic carbocycles. The molecule has 29 heavy (non-hydrogen) atoms. The number of aliphatic hydroxyl groups is 1. The molecule has 2 aromatic carbocycles. The average Bonchev–Trinajstić information content (AvgIpc) is 3.02. The summed E-state index contributed by atoms with van der Waals surface area (Å²) in [6.07, 6.45) is -4.25. The molecule has 0 fully saturated rings. The first-order chi connectivity index (χ1) is 13.5. The number of hydrogen-bond acceptors (Lipinski definition) is 3. The van der Waals surface area contributed by atoms with E-state index in [1.54, 1.807) is 0 Å². The minimum Gasteiger partial charge on any atom is -0.380 e. The Morgan fingerprint density at radius 1 is 1.28 bits per heavy atom. The number of alkyl halides is 3. The van der Waals surface area contributed by atoms with Crippen LogP contribution in [0.15, 0.2) is 40.9 Å². The van der Waals surface area contributed by atoms with Gasteiger partial charge in [0.25, 0.3) is 0 Å². The molecule has 1 aliphatic rings. The Bertz CT molecular complexity index is 996. The van der Waals surface area contributed by atoms with Crippen LogP contribution in [0.5, 0.6) is 0 Å². The lowest BCUT2D eigenvalue weighted by Crippen LogP contribution is -2.47. The zero-order chi connectivity index (χ0) is 21.4. The van der Waals surface area contributed by atoms with Gasteiger partial charge in [-0.1, -0.05) is 34.1 Å². The largest absolute Gasteiger partial charge is 0.407 e. The van der Waals surface area contributed by atoms with Gasteiger partial charge in [0.05, 0.1) is 18.7 Å². The van der Waals surface area contributed by atoms with E-state index in [4.69, 9.17) is 6.57 Å². The monoisotopic (exact) mass is 466 g/mol. The SMILES string of the molecule is [C-]#[N+]c1ccc(CC(=O)[C@@](C)(O)CN2CCc3cc(Br)ccc32)cc1C(F)(F)F. The van der Waals surface area contributed by atoms with Crippen molar-refractivity contribution in [1.82, 2.24) is 0 Å². The predicted octanol–water partition coefficient (Wildman–Crippen LogP) is 4.94. The summed E-state index contributed by atoms with van der Waals surface area (Å²) < 4.78 is 40.4. The van der Waals surface area contributed by atoms with Gasteiger partial charge in [0.1, 0.15) is 5.60 Å². The molecule has 3 rings (SSSR count). The molecule has 8 heteroatoms. The molecular weight excluding hydrogens is 449 g/mol. The van der Waals surface area contributed by atoms with E-state index in [9.17, 15) is 23.1 Å². The van der Waals surface area contributed by atoms with E-state index in [1.807, 2.05) is 23.1 Å². The molecule has 152 valence electrons. The van der Waals surface area contributed by atoms with Gasteiger partial charge in [0.15, 0.2) is 11.5 Å². The summed E-state index contributed by atoms with van der Waals surface area (Å²) >= 11 is 3.42. The van der Waals surface area contributed by atoms with Crippen molar-refractivity contribution in [3.63, 3.8) is 0 Å². The summed E-state index contributed by atoms with van der Waals surface area (Å²) in [5.74, 6) is -0.577. The molecule has 1 aliphatic heterocycles. The van der Waals surface area contributed by atoms with Crippen LogP contribution in [0.2, 0.25) is 0 Å². The van der Waals surface area contributed by atoms with E-state index in [1.165, 1.54) is 13.0 Å². The summed E-state index contributed by atoms with van der Waals surface area (Å²) in [4.78, 5) is 17.5. The lowest BCUT2D eigenvalue weighted by Gasteiger charge is -2.29. The molecule has 0 radical (unpaired) electrons. The number of Topliss-reactive ketones (excluding diaryl/α,β-unsaturated/α-hetero) is 1. The number of hydrogen-bond donors (Lipinski definition) is 1. The second-order valence-electron chi connectivity index (χ2n) is 7.28. The zero-order valence-electron chi connectivity index (χ0n) is 15.6. The predicted molar refractivity (Wildman–Crippen MR) is 107 cm³/mol. The Balaban J connectivity index is 1.76. The summed E-state index contributed by atoms with van der Waals surface area (Å²) in [6, 6.07) is 8.96. The van der Waals surface area contributed by atoms with Crippen LogP contribution in [-0.2, 0) is 23.8 Å². The van der Waals surface area contributed by atoms with Crippen molar-refractivity contribution in [3.05, 3.63) is 69.0 Å². The number of nitrogens with zero attached hydrogens (tertiary/aromatic N) is 2. The van der Waals surface area contributed by atoms with Crippen LogP contribution in [0.1, 0.15) is 23.6 Å². The van der Waals surface area contributed by atoms with Crippen molar-refractivity contribution < 1.29 is 23.1 Å². The van der Waals surface area contributed by atoms with Crippen molar-refractivity contribution in [3.8, 4) is 0 Å². The maximum absolute atomic E-state index is 13.1. The normalized spacial score (nSPS) is 15.6. The van der Waals surface area contributed by atoms with Gasteiger partial charge in [0.2, 0.25) is 0 Å². The summed E-state index contributed by atoms with van der Waals surface area (Å²) in [6.45, 7) is 8.96. The van der Waals surface area contributed by atoms with Crippen molar-refractivity contribution in [2.75, 3.05) is 18.0 Å². The van der Waals surface area contributed by atoms with Crippen LogP contribution in [0.4, 0.5) is 24.5 Å². The molecule has 1 atom stereocenters. The van der Waals surface area contributed by atoms with Crippen LogP contribution in [-0.4, -0.2) is 29.6 Å². The van der Waals surface area contributed by atoms with Gasteiger partial charge in [-0.15, -0.1) is 0 Å². The highest BCUT2D eigenvalue weighted by Gasteiger charge is 2.36. The second-order valence-corrected chi connectivity index (χ2v) is 8.20. The molecule has 0 unspecified atom stereocenters. The van der Waals surface area contributed by atoms with Crippen LogP contribution >= 0.6 is 15.9 Å². The first-order valence-corrected chi connectivity index (χ1v) is 9.67. The van der Waals surface area contributed by atoms with E-state index < -0.39 is 28.8 Å². The molecule has 2 aromatic rings. The Labute approximate surface area is 174 Å². The fraction of sp³-hybridized carbons (Fsp3) is 0.333. The van der Waals surface area contributed by atoms with Gasteiger partial charge in [-0.05, 0) is 42.7 Å². The fourth-order valence-corrected chi connectivity index (χ4v) is 3.86.